The Morgan fingerprint density at radius 1 is 0.900 bits per heavy atom. The molecule has 3 nitrogen and oxygen atoms in total. The van der Waals surface area contributed by atoms with Gasteiger partial charge in [0.25, 0.3) is 0 Å². The summed E-state index contributed by atoms with van der Waals surface area (Å²) in [6, 6.07) is 7.49. The highest BCUT2D eigenvalue weighted by Crippen LogP contribution is 2.21. The van der Waals surface area contributed by atoms with Crippen molar-refractivity contribution >= 4 is 30.0 Å². The van der Waals surface area contributed by atoms with Crippen LogP contribution in [0.5, 0.6) is 0 Å². The van der Waals surface area contributed by atoms with Gasteiger partial charge in [-0.15, -0.1) is 12.6 Å². The van der Waals surface area contributed by atoms with E-state index in [1.54, 1.807) is 24.3 Å². The fraction of sp³-hybridized carbons (Fsp3) is 0. The molecule has 0 bridgehead atoms. The SMILES string of the molecule is O=C(Nc1ccccc1S)Nc1ccc(F)c(F)c1F. The molecular weight excluding hydrogens is 289 g/mol. The Bertz CT molecular complexity index is 664. The van der Waals surface area contributed by atoms with Crippen LogP contribution in [0.25, 0.3) is 0 Å². The van der Waals surface area contributed by atoms with Crippen molar-refractivity contribution in [3.05, 3.63) is 53.8 Å². The van der Waals surface area contributed by atoms with E-state index in [-0.39, 0.29) is 0 Å². The number of rotatable bonds is 2. The molecule has 0 fully saturated rings. The van der Waals surface area contributed by atoms with Gasteiger partial charge >= 0.3 is 6.03 Å². The minimum Gasteiger partial charge on any atom is -0.307 e. The van der Waals surface area contributed by atoms with Gasteiger partial charge in [-0.25, -0.2) is 18.0 Å². The number of halogens is 3. The second-order valence-corrected chi connectivity index (χ2v) is 4.30. The fourth-order valence-corrected chi connectivity index (χ4v) is 1.69. The van der Waals surface area contributed by atoms with Gasteiger partial charge in [-0.05, 0) is 24.3 Å². The first-order valence-corrected chi connectivity index (χ1v) is 5.93. The van der Waals surface area contributed by atoms with Crippen molar-refractivity contribution in [3.63, 3.8) is 0 Å². The van der Waals surface area contributed by atoms with Crippen LogP contribution in [0.4, 0.5) is 29.3 Å². The van der Waals surface area contributed by atoms with Crippen LogP contribution in [0, 0.1) is 17.5 Å². The van der Waals surface area contributed by atoms with E-state index in [1.165, 1.54) is 0 Å². The lowest BCUT2D eigenvalue weighted by molar-refractivity contribution is 0.262. The molecule has 104 valence electrons. The molecule has 0 spiro atoms. The third-order valence-corrected chi connectivity index (χ3v) is 2.83. The van der Waals surface area contributed by atoms with Gasteiger partial charge < -0.3 is 10.6 Å². The minimum absolute atomic E-state index is 0.399. The molecule has 2 N–H and O–H groups in total. The van der Waals surface area contributed by atoms with Gasteiger partial charge in [-0.3, -0.25) is 0 Å². The number of nitrogens with one attached hydrogen (secondary N) is 2. The summed E-state index contributed by atoms with van der Waals surface area (Å²) in [4.78, 5) is 12.2. The normalized spacial score (nSPS) is 10.2. The zero-order valence-corrected chi connectivity index (χ0v) is 10.8. The third kappa shape index (κ3) is 3.05. The second-order valence-electron chi connectivity index (χ2n) is 3.82. The van der Waals surface area contributed by atoms with Gasteiger partial charge in [-0.1, -0.05) is 12.1 Å². The summed E-state index contributed by atoms with van der Waals surface area (Å²) in [5.41, 5.74) is -0.0608. The van der Waals surface area contributed by atoms with E-state index in [1.807, 2.05) is 0 Å². The molecular formula is C13H9F3N2OS. The average Bonchev–Trinajstić information content (AvgIpc) is 2.42. The zero-order valence-electron chi connectivity index (χ0n) is 9.95. The number of hydrogen-bond acceptors (Lipinski definition) is 2. The molecule has 2 rings (SSSR count). The summed E-state index contributed by atoms with van der Waals surface area (Å²) in [7, 11) is 0. The van der Waals surface area contributed by atoms with Crippen molar-refractivity contribution in [1.82, 2.24) is 0 Å². The van der Waals surface area contributed by atoms with Crippen LogP contribution in [0.15, 0.2) is 41.3 Å². The van der Waals surface area contributed by atoms with Crippen LogP contribution in [0.3, 0.4) is 0 Å². The summed E-state index contributed by atoms with van der Waals surface area (Å²) in [6.07, 6.45) is 0. The topological polar surface area (TPSA) is 41.1 Å². The summed E-state index contributed by atoms with van der Waals surface area (Å²) in [6.45, 7) is 0. The molecule has 2 amide bonds. The van der Waals surface area contributed by atoms with Crippen molar-refractivity contribution in [1.29, 1.82) is 0 Å². The van der Waals surface area contributed by atoms with E-state index in [2.05, 4.69) is 23.3 Å². The molecule has 0 aliphatic heterocycles. The Balaban J connectivity index is 2.13. The van der Waals surface area contributed by atoms with Gasteiger partial charge in [0, 0.05) is 4.90 Å². The van der Waals surface area contributed by atoms with Crippen LogP contribution in [0.1, 0.15) is 0 Å². The van der Waals surface area contributed by atoms with Crippen LogP contribution < -0.4 is 10.6 Å². The number of amides is 2. The molecule has 7 heteroatoms. The van der Waals surface area contributed by atoms with Crippen LogP contribution in [-0.4, -0.2) is 6.03 Å². The van der Waals surface area contributed by atoms with Crippen LogP contribution >= 0.6 is 12.6 Å². The predicted octanol–water partition coefficient (Wildman–Crippen LogP) is 4.04. The first kappa shape index (κ1) is 14.3. The van der Waals surface area contributed by atoms with Gasteiger partial charge in [0.1, 0.15) is 0 Å². The highest BCUT2D eigenvalue weighted by Gasteiger charge is 2.15. The van der Waals surface area contributed by atoms with Crippen LogP contribution in [-0.2, 0) is 0 Å². The van der Waals surface area contributed by atoms with E-state index in [9.17, 15) is 18.0 Å². The van der Waals surface area contributed by atoms with E-state index >= 15 is 0 Å². The molecule has 2 aromatic rings. The molecule has 0 aromatic heterocycles. The highest BCUT2D eigenvalue weighted by atomic mass is 32.1. The van der Waals surface area contributed by atoms with Crippen molar-refractivity contribution in [3.8, 4) is 0 Å². The highest BCUT2D eigenvalue weighted by molar-refractivity contribution is 7.80. The van der Waals surface area contributed by atoms with Crippen LogP contribution in [0.2, 0.25) is 0 Å². The molecule has 0 heterocycles. The number of anilines is 2. The average molecular weight is 298 g/mol. The summed E-state index contributed by atoms with van der Waals surface area (Å²) in [5, 5.41) is 4.50. The fourth-order valence-electron chi connectivity index (χ4n) is 1.48. The largest absolute Gasteiger partial charge is 0.323 e. The number of urea groups is 1. The first-order valence-electron chi connectivity index (χ1n) is 5.48. The standard InChI is InChI=1S/C13H9F3N2OS/c14-7-5-6-9(12(16)11(7)15)18-13(19)17-8-3-1-2-4-10(8)20/h1-6,20H,(H2,17,18,19). The summed E-state index contributed by atoms with van der Waals surface area (Å²) in [5.74, 6) is -4.43. The van der Waals surface area contributed by atoms with E-state index in [0.717, 1.165) is 12.1 Å². The maximum absolute atomic E-state index is 13.4. The van der Waals surface area contributed by atoms with Crippen molar-refractivity contribution in [2.75, 3.05) is 10.6 Å². The maximum atomic E-state index is 13.4. The quantitative estimate of drug-likeness (QED) is 0.568. The third-order valence-electron chi connectivity index (χ3n) is 2.44. The number of carbonyl (C=O) groups excluding carboxylic acids is 1. The molecule has 0 unspecified atom stereocenters. The molecule has 0 radical (unpaired) electrons. The summed E-state index contributed by atoms with van der Waals surface area (Å²) >= 11 is 4.12. The van der Waals surface area contributed by atoms with E-state index in [0.29, 0.717) is 10.6 Å². The van der Waals surface area contributed by atoms with Crippen molar-refractivity contribution < 1.29 is 18.0 Å². The number of thiol groups is 1. The lowest BCUT2D eigenvalue weighted by atomic mass is 10.3. The van der Waals surface area contributed by atoms with E-state index in [4.69, 9.17) is 0 Å². The smallest absolute Gasteiger partial charge is 0.307 e. The van der Waals surface area contributed by atoms with Gasteiger partial charge in [-0.2, -0.15) is 0 Å². The molecule has 2 aromatic carbocycles. The Morgan fingerprint density at radius 3 is 2.25 bits per heavy atom. The van der Waals surface area contributed by atoms with Crippen molar-refractivity contribution in [2.24, 2.45) is 0 Å². The first-order chi connectivity index (χ1) is 9.49. The Kier molecular flexibility index (Phi) is 4.19. The Labute approximate surface area is 118 Å². The maximum Gasteiger partial charge on any atom is 0.323 e. The van der Waals surface area contributed by atoms with E-state index < -0.39 is 29.2 Å². The zero-order chi connectivity index (χ0) is 14.7. The second kappa shape index (κ2) is 5.87. The predicted molar refractivity (Wildman–Crippen MR) is 72.7 cm³/mol. The Morgan fingerprint density at radius 2 is 1.55 bits per heavy atom. The minimum atomic E-state index is -1.64. The Hall–Kier alpha value is -2.15. The molecule has 0 aliphatic rings. The number of benzene rings is 2. The summed E-state index contributed by atoms with van der Waals surface area (Å²) < 4.78 is 39.1. The monoisotopic (exact) mass is 298 g/mol. The number of carbonyl (C=O) groups is 1. The van der Waals surface area contributed by atoms with Crippen molar-refractivity contribution in [2.45, 2.75) is 4.90 Å². The molecule has 0 saturated heterocycles. The number of para-hydroxylation sites is 1. The molecule has 0 atom stereocenters. The van der Waals surface area contributed by atoms with Gasteiger partial charge in [0.15, 0.2) is 17.5 Å². The molecule has 0 saturated carbocycles. The number of hydrogen-bond donors (Lipinski definition) is 3. The molecule has 20 heavy (non-hydrogen) atoms. The molecule has 0 aliphatic carbocycles. The lowest BCUT2D eigenvalue weighted by Crippen LogP contribution is -2.20. The van der Waals surface area contributed by atoms with Gasteiger partial charge in [0.2, 0.25) is 0 Å². The lowest BCUT2D eigenvalue weighted by Gasteiger charge is -2.10. The van der Waals surface area contributed by atoms with Gasteiger partial charge in [0.05, 0.1) is 11.4 Å².